The molecular weight excluding hydrogens is 461 g/mol. The van der Waals surface area contributed by atoms with E-state index in [2.05, 4.69) is 27.4 Å². The molecule has 1 N–H and O–H groups in total. The fourth-order valence-corrected chi connectivity index (χ4v) is 5.19. The van der Waals surface area contributed by atoms with Crippen LogP contribution in [0.2, 0.25) is 0 Å². The minimum Gasteiger partial charge on any atom is -0.476 e. The van der Waals surface area contributed by atoms with Gasteiger partial charge in [0.1, 0.15) is 12.0 Å². The molecule has 1 heterocycles. The Kier molecular flexibility index (Phi) is 9.06. The lowest BCUT2D eigenvalue weighted by atomic mass is 10.1. The summed E-state index contributed by atoms with van der Waals surface area (Å²) in [5.74, 6) is -2.62. The van der Waals surface area contributed by atoms with Gasteiger partial charge in [0.05, 0.1) is 21.5 Å². The minimum absolute atomic E-state index is 0.243. The standard InChI is InChI=1S/C24H26FN3O3S2/c1-27-18(11-7-4-8-12-26)15-28(17-9-5-3-6-10-17)20-13-23(32-2)21(14-22(20)33-27)31-16-19(25)24(29)30/h3,5-6,9-10,13-14,16,18H,4,7-8,11,15H2,1-2H3,(H,29,30)/b19-16-. The quantitative estimate of drug-likeness (QED) is 0.147. The number of likely N-dealkylation sites (N-methyl/N-ethyl adjacent to an activating group) is 1. The smallest absolute Gasteiger partial charge is 0.368 e. The minimum atomic E-state index is -1.67. The van der Waals surface area contributed by atoms with Gasteiger partial charge in [-0.1, -0.05) is 24.6 Å². The number of aliphatic carboxylic acids is 1. The first-order valence-electron chi connectivity index (χ1n) is 10.5. The van der Waals surface area contributed by atoms with Gasteiger partial charge in [0.2, 0.25) is 5.83 Å². The summed E-state index contributed by atoms with van der Waals surface area (Å²) < 4.78 is 21.2. The van der Waals surface area contributed by atoms with Crippen molar-refractivity contribution in [1.29, 1.82) is 5.26 Å². The SMILES string of the molecule is CSc1cc2c(cc1O/C=C(\F)C(=O)O)SN(C)C(CCCCC#N)CN2c1ccccc1. The molecule has 6 nitrogen and oxygen atoms in total. The van der Waals surface area contributed by atoms with Gasteiger partial charge in [-0.15, -0.1) is 11.8 Å². The van der Waals surface area contributed by atoms with E-state index in [-0.39, 0.29) is 6.04 Å². The normalized spacial score (nSPS) is 16.6. The van der Waals surface area contributed by atoms with E-state index in [9.17, 15) is 9.18 Å². The highest BCUT2D eigenvalue weighted by atomic mass is 32.2. The van der Waals surface area contributed by atoms with Crippen molar-refractivity contribution in [2.75, 3.05) is 24.7 Å². The number of ether oxygens (including phenoxy) is 1. The lowest BCUT2D eigenvalue weighted by Gasteiger charge is -2.30. The Bertz CT molecular complexity index is 1040. The molecule has 0 amide bonds. The van der Waals surface area contributed by atoms with Gasteiger partial charge in [-0.25, -0.2) is 9.10 Å². The topological polar surface area (TPSA) is 76.8 Å². The third-order valence-electron chi connectivity index (χ3n) is 5.32. The Morgan fingerprint density at radius 1 is 1.36 bits per heavy atom. The van der Waals surface area contributed by atoms with E-state index in [1.165, 1.54) is 11.8 Å². The van der Waals surface area contributed by atoms with Crippen LogP contribution in [0.4, 0.5) is 15.8 Å². The van der Waals surface area contributed by atoms with Crippen LogP contribution in [0.1, 0.15) is 25.7 Å². The summed E-state index contributed by atoms with van der Waals surface area (Å²) in [5, 5.41) is 17.6. The Balaban J connectivity index is 2.00. The molecule has 174 valence electrons. The van der Waals surface area contributed by atoms with Crippen molar-refractivity contribution in [3.05, 3.63) is 54.6 Å². The van der Waals surface area contributed by atoms with Crippen molar-refractivity contribution < 1.29 is 19.0 Å². The Morgan fingerprint density at radius 3 is 2.79 bits per heavy atom. The molecule has 0 saturated carbocycles. The number of halogens is 1. The molecule has 0 saturated heterocycles. The molecule has 0 bridgehead atoms. The van der Waals surface area contributed by atoms with Crippen molar-refractivity contribution in [2.24, 2.45) is 0 Å². The number of nitrogens with zero attached hydrogens (tertiary/aromatic N) is 3. The van der Waals surface area contributed by atoms with Crippen LogP contribution in [0.5, 0.6) is 5.75 Å². The summed E-state index contributed by atoms with van der Waals surface area (Å²) in [4.78, 5) is 14.8. The zero-order valence-corrected chi connectivity index (χ0v) is 20.2. The van der Waals surface area contributed by atoms with Gasteiger partial charge in [-0.2, -0.15) is 9.65 Å². The largest absolute Gasteiger partial charge is 0.476 e. The van der Waals surface area contributed by atoms with Gasteiger partial charge in [0.15, 0.2) is 0 Å². The summed E-state index contributed by atoms with van der Waals surface area (Å²) in [6.45, 7) is 0.772. The molecule has 3 rings (SSSR count). The molecule has 0 fully saturated rings. The van der Waals surface area contributed by atoms with Crippen molar-refractivity contribution in [3.63, 3.8) is 0 Å². The maximum atomic E-state index is 13.5. The highest BCUT2D eigenvalue weighted by molar-refractivity contribution is 7.98. The number of rotatable bonds is 9. The lowest BCUT2D eigenvalue weighted by Crippen LogP contribution is -2.35. The zero-order chi connectivity index (χ0) is 23.8. The van der Waals surface area contributed by atoms with Crippen molar-refractivity contribution >= 4 is 41.1 Å². The first kappa shape index (κ1) is 25.0. The molecule has 33 heavy (non-hydrogen) atoms. The summed E-state index contributed by atoms with van der Waals surface area (Å²) in [6.07, 6.45) is 5.87. The van der Waals surface area contributed by atoms with Crippen LogP contribution in [0.25, 0.3) is 0 Å². The first-order valence-corrected chi connectivity index (χ1v) is 12.5. The van der Waals surface area contributed by atoms with Crippen LogP contribution in [-0.4, -0.2) is 41.3 Å². The van der Waals surface area contributed by atoms with Crippen LogP contribution in [0, 0.1) is 11.3 Å². The van der Waals surface area contributed by atoms with Gasteiger partial charge >= 0.3 is 5.97 Å². The molecule has 0 aliphatic carbocycles. The van der Waals surface area contributed by atoms with Crippen molar-refractivity contribution in [2.45, 2.75) is 41.5 Å². The lowest BCUT2D eigenvalue weighted by molar-refractivity contribution is -0.134. The molecule has 9 heteroatoms. The van der Waals surface area contributed by atoms with E-state index in [4.69, 9.17) is 15.1 Å². The summed E-state index contributed by atoms with van der Waals surface area (Å²) >= 11 is 3.03. The number of hydrogen-bond acceptors (Lipinski definition) is 7. The van der Waals surface area contributed by atoms with Gasteiger partial charge in [-0.05, 0) is 62.4 Å². The number of nitriles is 1. The van der Waals surface area contributed by atoms with Crippen molar-refractivity contribution in [1.82, 2.24) is 4.31 Å². The second kappa shape index (κ2) is 12.0. The molecule has 0 spiro atoms. The van der Waals surface area contributed by atoms with E-state index >= 15 is 0 Å². The van der Waals surface area contributed by atoms with E-state index in [0.717, 1.165) is 47.0 Å². The fourth-order valence-electron chi connectivity index (χ4n) is 3.60. The maximum absolute atomic E-state index is 13.5. The fraction of sp³-hybridized carbons (Fsp3) is 0.333. The van der Waals surface area contributed by atoms with E-state index in [1.54, 1.807) is 11.9 Å². The number of unbranched alkanes of at least 4 members (excludes halogenated alkanes) is 2. The Labute approximate surface area is 202 Å². The second-order valence-electron chi connectivity index (χ2n) is 7.50. The third kappa shape index (κ3) is 6.44. The molecule has 1 unspecified atom stereocenters. The van der Waals surface area contributed by atoms with Crippen LogP contribution in [0.15, 0.2) is 64.3 Å². The summed E-state index contributed by atoms with van der Waals surface area (Å²) in [6, 6.07) is 16.4. The van der Waals surface area contributed by atoms with Gasteiger partial charge in [0, 0.05) is 24.7 Å². The molecular formula is C24H26FN3O3S2. The summed E-state index contributed by atoms with van der Waals surface area (Å²) in [7, 11) is 2.05. The first-order chi connectivity index (χ1) is 15.9. The third-order valence-corrected chi connectivity index (χ3v) is 7.19. The number of para-hydroxylation sites is 1. The summed E-state index contributed by atoms with van der Waals surface area (Å²) in [5.41, 5.74) is 2.08. The highest BCUT2D eigenvalue weighted by Gasteiger charge is 2.28. The Hall–Kier alpha value is -2.67. The van der Waals surface area contributed by atoms with Gasteiger partial charge < -0.3 is 14.7 Å². The van der Waals surface area contributed by atoms with Crippen LogP contribution >= 0.6 is 23.7 Å². The number of carbonyl (C=O) groups is 1. The molecule has 0 aromatic heterocycles. The predicted octanol–water partition coefficient (Wildman–Crippen LogP) is 6.23. The van der Waals surface area contributed by atoms with Crippen LogP contribution < -0.4 is 9.64 Å². The van der Waals surface area contributed by atoms with Crippen LogP contribution in [0.3, 0.4) is 0 Å². The monoisotopic (exact) mass is 487 g/mol. The van der Waals surface area contributed by atoms with Crippen LogP contribution in [-0.2, 0) is 4.79 Å². The molecule has 2 aromatic carbocycles. The molecule has 1 aliphatic rings. The van der Waals surface area contributed by atoms with E-state index in [1.807, 2.05) is 43.6 Å². The average molecular weight is 488 g/mol. The number of thioether (sulfide) groups is 1. The number of anilines is 2. The second-order valence-corrected chi connectivity index (χ2v) is 9.55. The molecule has 2 aromatic rings. The van der Waals surface area contributed by atoms with Crippen molar-refractivity contribution in [3.8, 4) is 11.8 Å². The number of fused-ring (bicyclic) bond motifs is 1. The number of hydrogen-bond donors (Lipinski definition) is 1. The molecule has 1 aliphatic heterocycles. The van der Waals surface area contributed by atoms with E-state index < -0.39 is 11.8 Å². The zero-order valence-electron chi connectivity index (χ0n) is 18.5. The van der Waals surface area contributed by atoms with Gasteiger partial charge in [0.25, 0.3) is 0 Å². The number of benzene rings is 2. The molecule has 1 atom stereocenters. The predicted molar refractivity (Wildman–Crippen MR) is 131 cm³/mol. The highest BCUT2D eigenvalue weighted by Crippen LogP contribution is 2.45. The molecule has 0 radical (unpaired) electrons. The number of carboxylic acid groups (broad SMARTS) is 1. The Morgan fingerprint density at radius 2 is 2.12 bits per heavy atom. The maximum Gasteiger partial charge on any atom is 0.368 e. The average Bonchev–Trinajstić information content (AvgIpc) is 2.95. The van der Waals surface area contributed by atoms with E-state index in [0.29, 0.717) is 18.4 Å². The number of carboxylic acids is 1. The van der Waals surface area contributed by atoms with Gasteiger partial charge in [-0.3, -0.25) is 0 Å².